The number of halogens is 2. The molecule has 0 unspecified atom stereocenters. The number of fused-ring (bicyclic) bond motifs is 1. The number of carbonyl (C=O) groups is 1. The second-order valence-electron chi connectivity index (χ2n) is 4.74. The van der Waals surface area contributed by atoms with Gasteiger partial charge in [-0.1, -0.05) is 6.92 Å². The third kappa shape index (κ3) is 4.54. The second kappa shape index (κ2) is 8.51. The first-order valence-corrected chi connectivity index (χ1v) is 6.93. The zero-order chi connectivity index (χ0) is 15.2. The average Bonchev–Trinajstić information content (AvgIpc) is 2.46. The highest BCUT2D eigenvalue weighted by molar-refractivity contribution is 6.05. The van der Waals surface area contributed by atoms with E-state index in [1.165, 1.54) is 24.3 Å². The van der Waals surface area contributed by atoms with Gasteiger partial charge in [-0.05, 0) is 31.2 Å². The number of amides is 1. The Labute approximate surface area is 133 Å². The van der Waals surface area contributed by atoms with E-state index in [9.17, 15) is 14.0 Å². The third-order valence-corrected chi connectivity index (χ3v) is 3.06. The van der Waals surface area contributed by atoms with Crippen LogP contribution in [0.15, 0.2) is 29.1 Å². The molecular weight excluding hydrogens is 309 g/mol. The first kappa shape index (κ1) is 18.1. The Bertz CT molecular complexity index is 703. The highest BCUT2D eigenvalue weighted by Crippen LogP contribution is 2.16. The van der Waals surface area contributed by atoms with E-state index in [1.807, 2.05) is 0 Å². The number of aromatic amines is 1. The predicted octanol–water partition coefficient (Wildman–Crippen LogP) is 1.82. The van der Waals surface area contributed by atoms with E-state index in [4.69, 9.17) is 0 Å². The van der Waals surface area contributed by atoms with Gasteiger partial charge in [0.1, 0.15) is 5.82 Å². The van der Waals surface area contributed by atoms with Crippen LogP contribution in [0.1, 0.15) is 23.7 Å². The number of pyridine rings is 1. The Morgan fingerprint density at radius 2 is 2.00 bits per heavy atom. The molecule has 0 radical (unpaired) electrons. The number of rotatable bonds is 6. The molecule has 0 fully saturated rings. The van der Waals surface area contributed by atoms with E-state index in [0.717, 1.165) is 13.0 Å². The van der Waals surface area contributed by atoms with Crippen molar-refractivity contribution in [3.63, 3.8) is 0 Å². The smallest absolute Gasteiger partial charge is 0.252 e. The molecular formula is C15H19ClFN3O2. The molecule has 1 aromatic carbocycles. The summed E-state index contributed by atoms with van der Waals surface area (Å²) in [5.41, 5.74) is 0.241. The zero-order valence-corrected chi connectivity index (χ0v) is 13.1. The van der Waals surface area contributed by atoms with Gasteiger partial charge in [-0.2, -0.15) is 0 Å². The SMILES string of the molecule is CCCNCCNC(=O)c1cc(=O)[nH]c2ccc(F)cc12.Cl. The molecule has 2 rings (SSSR count). The number of nitrogens with one attached hydrogen (secondary N) is 3. The molecule has 5 nitrogen and oxygen atoms in total. The van der Waals surface area contributed by atoms with Crippen molar-refractivity contribution in [2.24, 2.45) is 0 Å². The Kier molecular flexibility index (Phi) is 7.01. The fraction of sp³-hybridized carbons (Fsp3) is 0.333. The van der Waals surface area contributed by atoms with E-state index in [1.54, 1.807) is 0 Å². The molecule has 1 heterocycles. The van der Waals surface area contributed by atoms with E-state index < -0.39 is 5.82 Å². The van der Waals surface area contributed by atoms with Crippen molar-refractivity contribution in [3.05, 3.63) is 46.0 Å². The zero-order valence-electron chi connectivity index (χ0n) is 12.2. The summed E-state index contributed by atoms with van der Waals surface area (Å²) in [6, 6.07) is 5.13. The maximum atomic E-state index is 13.3. The fourth-order valence-electron chi connectivity index (χ4n) is 2.08. The summed E-state index contributed by atoms with van der Waals surface area (Å²) in [5.74, 6) is -0.830. The topological polar surface area (TPSA) is 74.0 Å². The number of hydrogen-bond donors (Lipinski definition) is 3. The van der Waals surface area contributed by atoms with Crippen LogP contribution in [-0.4, -0.2) is 30.5 Å². The van der Waals surface area contributed by atoms with Gasteiger partial charge in [-0.3, -0.25) is 9.59 Å². The van der Waals surface area contributed by atoms with Crippen LogP contribution in [0.5, 0.6) is 0 Å². The van der Waals surface area contributed by atoms with E-state index >= 15 is 0 Å². The van der Waals surface area contributed by atoms with Gasteiger partial charge in [0.05, 0.1) is 5.56 Å². The standard InChI is InChI=1S/C15H18FN3O2.ClH/c1-2-5-17-6-7-18-15(21)12-9-14(20)19-13-4-3-10(16)8-11(12)13;/h3-4,8-9,17H,2,5-7H2,1H3,(H,18,21)(H,19,20);1H. The van der Waals surface area contributed by atoms with Crippen molar-refractivity contribution in [1.82, 2.24) is 15.6 Å². The van der Waals surface area contributed by atoms with Gasteiger partial charge < -0.3 is 15.6 Å². The summed E-state index contributed by atoms with van der Waals surface area (Å²) < 4.78 is 13.3. The molecule has 0 saturated carbocycles. The lowest BCUT2D eigenvalue weighted by atomic mass is 10.1. The normalized spacial score (nSPS) is 10.3. The Balaban J connectivity index is 0.00000242. The van der Waals surface area contributed by atoms with Crippen LogP contribution in [0.2, 0.25) is 0 Å². The van der Waals surface area contributed by atoms with Crippen molar-refractivity contribution in [1.29, 1.82) is 0 Å². The summed E-state index contributed by atoms with van der Waals surface area (Å²) in [6.07, 6.45) is 1.02. The fourth-order valence-corrected chi connectivity index (χ4v) is 2.08. The summed E-state index contributed by atoms with van der Waals surface area (Å²) in [7, 11) is 0. The number of carbonyl (C=O) groups excluding carboxylic acids is 1. The van der Waals surface area contributed by atoms with Crippen LogP contribution in [-0.2, 0) is 0 Å². The highest BCUT2D eigenvalue weighted by atomic mass is 35.5. The molecule has 3 N–H and O–H groups in total. The number of H-pyrrole nitrogens is 1. The van der Waals surface area contributed by atoms with Crippen molar-refractivity contribution in [3.8, 4) is 0 Å². The molecule has 22 heavy (non-hydrogen) atoms. The van der Waals surface area contributed by atoms with Gasteiger partial charge in [0.2, 0.25) is 5.56 Å². The van der Waals surface area contributed by atoms with Crippen LogP contribution in [0.3, 0.4) is 0 Å². The van der Waals surface area contributed by atoms with Gasteiger partial charge in [0, 0.05) is 30.1 Å². The van der Waals surface area contributed by atoms with Crippen LogP contribution in [0.25, 0.3) is 10.9 Å². The Hall–Kier alpha value is -1.92. The largest absolute Gasteiger partial charge is 0.351 e. The second-order valence-corrected chi connectivity index (χ2v) is 4.74. The van der Waals surface area contributed by atoms with E-state index in [2.05, 4.69) is 22.5 Å². The molecule has 1 amide bonds. The minimum absolute atomic E-state index is 0. The summed E-state index contributed by atoms with van der Waals surface area (Å²) in [5, 5.41) is 6.27. The number of benzene rings is 1. The third-order valence-electron chi connectivity index (χ3n) is 3.06. The molecule has 0 saturated heterocycles. The molecule has 2 aromatic rings. The van der Waals surface area contributed by atoms with Crippen LogP contribution < -0.4 is 16.2 Å². The minimum atomic E-state index is -0.451. The maximum absolute atomic E-state index is 13.3. The van der Waals surface area contributed by atoms with Gasteiger partial charge in [0.15, 0.2) is 0 Å². The first-order chi connectivity index (χ1) is 10.1. The number of hydrogen-bond acceptors (Lipinski definition) is 3. The average molecular weight is 328 g/mol. The van der Waals surface area contributed by atoms with Crippen molar-refractivity contribution in [2.75, 3.05) is 19.6 Å². The lowest BCUT2D eigenvalue weighted by molar-refractivity contribution is 0.0955. The summed E-state index contributed by atoms with van der Waals surface area (Å²) in [4.78, 5) is 26.3. The van der Waals surface area contributed by atoms with E-state index in [0.29, 0.717) is 24.0 Å². The van der Waals surface area contributed by atoms with Gasteiger partial charge in [-0.15, -0.1) is 12.4 Å². The molecule has 0 aliphatic heterocycles. The Morgan fingerprint density at radius 3 is 2.73 bits per heavy atom. The van der Waals surface area contributed by atoms with E-state index in [-0.39, 0.29) is 29.4 Å². The van der Waals surface area contributed by atoms with Gasteiger partial charge in [0.25, 0.3) is 5.91 Å². The lowest BCUT2D eigenvalue weighted by Crippen LogP contribution is -2.32. The highest BCUT2D eigenvalue weighted by Gasteiger charge is 2.12. The predicted molar refractivity (Wildman–Crippen MR) is 87.3 cm³/mol. The van der Waals surface area contributed by atoms with Gasteiger partial charge in [-0.25, -0.2) is 4.39 Å². The molecule has 120 valence electrons. The quantitative estimate of drug-likeness (QED) is 0.709. The molecule has 0 bridgehead atoms. The Morgan fingerprint density at radius 1 is 1.23 bits per heavy atom. The molecule has 0 atom stereocenters. The molecule has 0 spiro atoms. The molecule has 0 aliphatic rings. The number of aromatic nitrogens is 1. The van der Waals surface area contributed by atoms with Crippen molar-refractivity contribution >= 4 is 29.2 Å². The molecule has 7 heteroatoms. The minimum Gasteiger partial charge on any atom is -0.351 e. The summed E-state index contributed by atoms with van der Waals surface area (Å²) >= 11 is 0. The summed E-state index contributed by atoms with van der Waals surface area (Å²) in [6.45, 7) is 4.04. The lowest BCUT2D eigenvalue weighted by Gasteiger charge is -2.08. The molecule has 0 aliphatic carbocycles. The monoisotopic (exact) mass is 327 g/mol. The van der Waals surface area contributed by atoms with Crippen molar-refractivity contribution in [2.45, 2.75) is 13.3 Å². The van der Waals surface area contributed by atoms with Crippen LogP contribution >= 0.6 is 12.4 Å². The maximum Gasteiger partial charge on any atom is 0.252 e. The van der Waals surface area contributed by atoms with Gasteiger partial charge >= 0.3 is 0 Å². The van der Waals surface area contributed by atoms with Crippen LogP contribution in [0, 0.1) is 5.82 Å². The first-order valence-electron chi connectivity index (χ1n) is 6.93. The molecule has 1 aromatic heterocycles. The van der Waals surface area contributed by atoms with Crippen LogP contribution in [0.4, 0.5) is 4.39 Å². The van der Waals surface area contributed by atoms with Crippen molar-refractivity contribution < 1.29 is 9.18 Å².